The average Bonchev–Trinajstić information content (AvgIpc) is 3.12. The number of rotatable bonds is 5. The Labute approximate surface area is 225 Å². The van der Waals surface area contributed by atoms with E-state index in [2.05, 4.69) is 49.9 Å². The molecule has 0 spiro atoms. The van der Waals surface area contributed by atoms with E-state index >= 15 is 0 Å². The minimum atomic E-state index is -0.224. The lowest BCUT2D eigenvalue weighted by atomic mass is 9.81. The lowest BCUT2D eigenvalue weighted by Gasteiger charge is -2.39. The van der Waals surface area contributed by atoms with Crippen LogP contribution in [0.1, 0.15) is 39.2 Å². The molecule has 0 bridgehead atoms. The Hall–Kier alpha value is -3.30. The summed E-state index contributed by atoms with van der Waals surface area (Å²) in [5.74, 6) is 1.42. The number of hydrogen-bond acceptors (Lipinski definition) is 7. The van der Waals surface area contributed by atoms with E-state index in [1.807, 2.05) is 29.0 Å². The van der Waals surface area contributed by atoms with Crippen LogP contribution in [0.5, 0.6) is 0 Å². The molecule has 2 saturated heterocycles. The quantitative estimate of drug-likeness (QED) is 0.496. The summed E-state index contributed by atoms with van der Waals surface area (Å²) in [7, 11) is 6.02. The van der Waals surface area contributed by atoms with E-state index in [1.165, 1.54) is 4.57 Å². The molecule has 2 fully saturated rings. The number of hydrogen-bond donors (Lipinski definition) is 2. The van der Waals surface area contributed by atoms with Crippen molar-refractivity contribution in [3.05, 3.63) is 47.0 Å². The van der Waals surface area contributed by atoms with Crippen molar-refractivity contribution in [1.82, 2.24) is 19.0 Å². The number of ether oxygens (including phenoxy) is 1. The Bertz CT molecular complexity index is 1350. The first-order chi connectivity index (χ1) is 18.1. The molecule has 2 aliphatic rings. The molecule has 1 aromatic carbocycles. The molecule has 4 heterocycles. The van der Waals surface area contributed by atoms with Gasteiger partial charge in [0.1, 0.15) is 11.6 Å². The number of nitrogens with two attached hydrogens (primary N) is 2. The lowest BCUT2D eigenvalue weighted by molar-refractivity contribution is -0.0261. The molecular formula is C29H41N7O2. The van der Waals surface area contributed by atoms with Crippen LogP contribution in [0, 0.1) is 5.41 Å². The summed E-state index contributed by atoms with van der Waals surface area (Å²) in [5, 5.41) is 0. The van der Waals surface area contributed by atoms with Crippen LogP contribution in [0.2, 0.25) is 0 Å². The van der Waals surface area contributed by atoms with Crippen molar-refractivity contribution in [2.24, 2.45) is 12.5 Å². The molecule has 9 nitrogen and oxygen atoms in total. The summed E-state index contributed by atoms with van der Waals surface area (Å²) in [6.07, 6.45) is 4.94. The highest BCUT2D eigenvalue weighted by molar-refractivity contribution is 5.85. The molecule has 1 unspecified atom stereocenters. The van der Waals surface area contributed by atoms with E-state index in [0.29, 0.717) is 36.5 Å². The first-order valence-corrected chi connectivity index (χ1v) is 13.5. The van der Waals surface area contributed by atoms with Gasteiger partial charge in [-0.25, -0.2) is 9.78 Å². The van der Waals surface area contributed by atoms with E-state index < -0.39 is 0 Å². The van der Waals surface area contributed by atoms with Crippen molar-refractivity contribution >= 4 is 17.3 Å². The van der Waals surface area contributed by atoms with E-state index in [9.17, 15) is 4.79 Å². The molecule has 204 valence electrons. The van der Waals surface area contributed by atoms with Gasteiger partial charge < -0.3 is 26.0 Å². The van der Waals surface area contributed by atoms with Gasteiger partial charge in [-0.05, 0) is 63.2 Å². The predicted octanol–water partition coefficient (Wildman–Crippen LogP) is 3.60. The molecule has 1 atom stereocenters. The van der Waals surface area contributed by atoms with E-state index in [1.54, 1.807) is 7.05 Å². The van der Waals surface area contributed by atoms with Crippen molar-refractivity contribution in [2.45, 2.75) is 45.2 Å². The number of nitrogens with zero attached hydrogens (tertiary/aromatic N) is 5. The normalized spacial score (nSPS) is 20.3. The van der Waals surface area contributed by atoms with Crippen LogP contribution in [-0.2, 0) is 11.8 Å². The third kappa shape index (κ3) is 4.69. The number of pyridine rings is 1. The summed E-state index contributed by atoms with van der Waals surface area (Å²) < 4.78 is 9.09. The molecule has 0 aliphatic carbocycles. The Morgan fingerprint density at radius 3 is 2.39 bits per heavy atom. The molecule has 38 heavy (non-hydrogen) atoms. The summed E-state index contributed by atoms with van der Waals surface area (Å²) in [4.78, 5) is 22.9. The van der Waals surface area contributed by atoms with Crippen LogP contribution in [0.25, 0.3) is 22.4 Å². The lowest BCUT2D eigenvalue weighted by Crippen LogP contribution is -2.42. The van der Waals surface area contributed by atoms with Crippen LogP contribution < -0.4 is 22.1 Å². The van der Waals surface area contributed by atoms with Gasteiger partial charge in [-0.2, -0.15) is 0 Å². The molecule has 0 saturated carbocycles. The van der Waals surface area contributed by atoms with E-state index in [0.717, 1.165) is 54.9 Å². The Morgan fingerprint density at radius 1 is 1.05 bits per heavy atom. The standard InChI is InChI=1S/C29H41N7O2/c1-29(2)18-38-15-12-24(29)36-26(27(31)34(5)28(36)37)22-16-19(6-8-23(22)30)20-7-9-25(32-17-20)35-13-10-21(11-14-35)33(3)4/h6-9,16-17,21,24H,10-15,18,30-31H2,1-5H3. The molecule has 2 aliphatic heterocycles. The molecule has 2 aromatic heterocycles. The molecule has 3 aromatic rings. The molecule has 4 N–H and O–H groups in total. The van der Waals surface area contributed by atoms with Gasteiger partial charge >= 0.3 is 5.69 Å². The Balaban J connectivity index is 1.49. The number of nitrogen functional groups attached to an aromatic ring is 2. The Morgan fingerprint density at radius 2 is 1.76 bits per heavy atom. The van der Waals surface area contributed by atoms with Crippen molar-refractivity contribution < 1.29 is 4.74 Å². The first-order valence-electron chi connectivity index (χ1n) is 13.5. The van der Waals surface area contributed by atoms with Gasteiger partial charge in [0.25, 0.3) is 0 Å². The van der Waals surface area contributed by atoms with Gasteiger partial charge in [-0.15, -0.1) is 0 Å². The summed E-state index contributed by atoms with van der Waals surface area (Å²) in [6, 6.07) is 10.7. The van der Waals surface area contributed by atoms with Crippen molar-refractivity contribution in [2.75, 3.05) is 56.8 Å². The molecule has 0 amide bonds. The van der Waals surface area contributed by atoms with Gasteiger partial charge in [0.15, 0.2) is 0 Å². The van der Waals surface area contributed by atoms with Gasteiger partial charge in [0, 0.05) is 67.3 Å². The van der Waals surface area contributed by atoms with Crippen LogP contribution in [0.3, 0.4) is 0 Å². The van der Waals surface area contributed by atoms with Crippen molar-refractivity contribution in [3.63, 3.8) is 0 Å². The first kappa shape index (κ1) is 26.3. The maximum atomic E-state index is 13.4. The van der Waals surface area contributed by atoms with Gasteiger partial charge in [-0.1, -0.05) is 19.9 Å². The predicted molar refractivity (Wildman–Crippen MR) is 154 cm³/mol. The zero-order valence-corrected chi connectivity index (χ0v) is 23.3. The minimum Gasteiger partial charge on any atom is -0.398 e. The fraction of sp³-hybridized carbons (Fsp3) is 0.517. The number of imidazole rings is 1. The third-order valence-corrected chi connectivity index (χ3v) is 8.47. The molecule has 0 radical (unpaired) electrons. The maximum absolute atomic E-state index is 13.4. The van der Waals surface area contributed by atoms with E-state index in [4.69, 9.17) is 21.2 Å². The second-order valence-corrected chi connectivity index (χ2v) is 11.7. The SMILES string of the molecule is CN(C)C1CCN(c2ccc(-c3ccc(N)c(-c4c(N)n(C)c(=O)n4C4CCOCC4(C)C)c3)cn2)CC1. The van der Waals surface area contributed by atoms with Crippen molar-refractivity contribution in [1.29, 1.82) is 0 Å². The zero-order valence-electron chi connectivity index (χ0n) is 23.3. The highest BCUT2D eigenvalue weighted by Crippen LogP contribution is 2.42. The number of piperidine rings is 1. The van der Waals surface area contributed by atoms with Crippen LogP contribution in [0.15, 0.2) is 41.3 Å². The van der Waals surface area contributed by atoms with Gasteiger partial charge in [0.05, 0.1) is 12.3 Å². The topological polar surface area (TPSA) is 108 Å². The summed E-state index contributed by atoms with van der Waals surface area (Å²) in [5.41, 5.74) is 16.7. The molecule has 5 rings (SSSR count). The summed E-state index contributed by atoms with van der Waals surface area (Å²) in [6.45, 7) is 7.47. The number of anilines is 3. The smallest absolute Gasteiger partial charge is 0.330 e. The van der Waals surface area contributed by atoms with Gasteiger partial charge in [0.2, 0.25) is 0 Å². The van der Waals surface area contributed by atoms with Crippen LogP contribution >= 0.6 is 0 Å². The largest absolute Gasteiger partial charge is 0.398 e. The van der Waals surface area contributed by atoms with Crippen LogP contribution in [-0.4, -0.2) is 65.5 Å². The number of aromatic nitrogens is 3. The minimum absolute atomic E-state index is 0.0529. The second-order valence-electron chi connectivity index (χ2n) is 11.7. The average molecular weight is 520 g/mol. The van der Waals surface area contributed by atoms with E-state index in [-0.39, 0.29) is 17.1 Å². The van der Waals surface area contributed by atoms with Gasteiger partial charge in [-0.3, -0.25) is 9.13 Å². The third-order valence-electron chi connectivity index (χ3n) is 8.47. The fourth-order valence-electron chi connectivity index (χ4n) is 5.99. The highest BCUT2D eigenvalue weighted by atomic mass is 16.5. The Kier molecular flexibility index (Phi) is 7.00. The monoisotopic (exact) mass is 519 g/mol. The molecular weight excluding hydrogens is 478 g/mol. The zero-order chi connectivity index (χ0) is 27.2. The van der Waals surface area contributed by atoms with Crippen molar-refractivity contribution in [3.8, 4) is 22.4 Å². The molecule has 9 heteroatoms. The number of benzene rings is 1. The maximum Gasteiger partial charge on any atom is 0.330 e. The summed E-state index contributed by atoms with van der Waals surface area (Å²) >= 11 is 0. The second kappa shape index (κ2) is 10.1. The van der Waals surface area contributed by atoms with Crippen LogP contribution in [0.4, 0.5) is 17.3 Å². The fourth-order valence-corrected chi connectivity index (χ4v) is 5.99. The highest BCUT2D eigenvalue weighted by Gasteiger charge is 2.38.